The highest BCUT2D eigenvalue weighted by molar-refractivity contribution is 7.89. The van der Waals surface area contributed by atoms with E-state index in [1.807, 2.05) is 0 Å². The molecule has 1 amide bonds. The maximum Gasteiger partial charge on any atom is 0.339 e. The Morgan fingerprint density at radius 1 is 1.13 bits per heavy atom. The highest BCUT2D eigenvalue weighted by Gasteiger charge is 2.26. The molecule has 30 heavy (non-hydrogen) atoms. The molecule has 0 radical (unpaired) electrons. The number of carbonyl (C=O) groups excluding carboxylic acids is 2. The third-order valence-corrected chi connectivity index (χ3v) is 6.75. The molecule has 1 aliphatic heterocycles. The maximum atomic E-state index is 12.9. The number of ether oxygens (including phenoxy) is 1. The van der Waals surface area contributed by atoms with Crippen LogP contribution in [0.5, 0.6) is 0 Å². The van der Waals surface area contributed by atoms with Crippen LogP contribution in [0.15, 0.2) is 41.3 Å². The van der Waals surface area contributed by atoms with Crippen LogP contribution in [0, 0.1) is 6.92 Å². The summed E-state index contributed by atoms with van der Waals surface area (Å²) in [6, 6.07) is 9.11. The lowest BCUT2D eigenvalue weighted by atomic mass is 10.2. The Morgan fingerprint density at radius 2 is 1.87 bits per heavy atom. The monoisotopic (exact) mass is 431 g/mol. The molecule has 0 unspecified atom stereocenters. The molecule has 1 saturated heterocycles. The topological polar surface area (TPSA) is 106 Å². The summed E-state index contributed by atoms with van der Waals surface area (Å²) >= 11 is 0. The summed E-state index contributed by atoms with van der Waals surface area (Å²) in [6.07, 6.45) is 2.73. The van der Waals surface area contributed by atoms with E-state index in [0.717, 1.165) is 19.3 Å². The molecule has 1 aromatic carbocycles. The van der Waals surface area contributed by atoms with E-state index >= 15 is 0 Å². The number of nitrogens with zero attached hydrogens (tertiary/aromatic N) is 2. The van der Waals surface area contributed by atoms with E-state index in [2.05, 4.69) is 10.3 Å². The molecule has 1 aliphatic rings. The van der Waals surface area contributed by atoms with Gasteiger partial charge in [0, 0.05) is 18.8 Å². The van der Waals surface area contributed by atoms with Crippen molar-refractivity contribution in [3.8, 4) is 0 Å². The average Bonchev–Trinajstić information content (AvgIpc) is 2.74. The molecular formula is C21H25N3O5S. The number of aryl methyl sites for hydroxylation is 1. The first kappa shape index (κ1) is 21.9. The van der Waals surface area contributed by atoms with Gasteiger partial charge >= 0.3 is 5.97 Å². The van der Waals surface area contributed by atoms with E-state index in [1.54, 1.807) is 26.0 Å². The van der Waals surface area contributed by atoms with Crippen molar-refractivity contribution in [2.75, 3.05) is 25.0 Å². The van der Waals surface area contributed by atoms with Gasteiger partial charge in [-0.05, 0) is 57.0 Å². The molecule has 1 aromatic heterocycles. The smallest absolute Gasteiger partial charge is 0.339 e. The van der Waals surface area contributed by atoms with Crippen LogP contribution in [0.4, 0.5) is 5.69 Å². The Kier molecular flexibility index (Phi) is 6.84. The predicted molar refractivity (Wildman–Crippen MR) is 112 cm³/mol. The highest BCUT2D eigenvalue weighted by Crippen LogP contribution is 2.23. The lowest BCUT2D eigenvalue weighted by molar-refractivity contribution is 0.0524. The number of rotatable bonds is 6. The quantitative estimate of drug-likeness (QED) is 0.705. The van der Waals surface area contributed by atoms with Gasteiger partial charge in [-0.15, -0.1) is 0 Å². The minimum Gasteiger partial charge on any atom is -0.462 e. The van der Waals surface area contributed by atoms with Gasteiger partial charge in [-0.25, -0.2) is 18.2 Å². The van der Waals surface area contributed by atoms with Gasteiger partial charge in [-0.3, -0.25) is 4.79 Å². The van der Waals surface area contributed by atoms with Gasteiger partial charge in [-0.2, -0.15) is 4.31 Å². The number of amides is 1. The highest BCUT2D eigenvalue weighted by atomic mass is 32.2. The largest absolute Gasteiger partial charge is 0.462 e. The number of sulfonamides is 1. The summed E-state index contributed by atoms with van der Waals surface area (Å²) in [7, 11) is -3.60. The van der Waals surface area contributed by atoms with Gasteiger partial charge in [0.1, 0.15) is 5.69 Å². The number of benzene rings is 1. The number of carbonyl (C=O) groups is 2. The summed E-state index contributed by atoms with van der Waals surface area (Å²) in [4.78, 5) is 28.8. The van der Waals surface area contributed by atoms with Gasteiger partial charge < -0.3 is 10.1 Å². The van der Waals surface area contributed by atoms with E-state index in [1.165, 1.54) is 28.6 Å². The standard InChI is InChI=1S/C21H25N3O5S/c1-3-29-21(26)18-10-11-19(22-15(18)2)20(25)23-16-8-7-9-17(14-16)30(27,28)24-12-5-4-6-13-24/h7-11,14H,3-6,12-13H2,1-2H3,(H,23,25). The van der Waals surface area contributed by atoms with Crippen LogP contribution in [0.1, 0.15) is 52.7 Å². The van der Waals surface area contributed by atoms with Crippen molar-refractivity contribution in [2.45, 2.75) is 38.0 Å². The average molecular weight is 432 g/mol. The number of hydrogen-bond donors (Lipinski definition) is 1. The van der Waals surface area contributed by atoms with Crippen LogP contribution in [0.2, 0.25) is 0 Å². The molecule has 3 rings (SSSR count). The number of pyridine rings is 1. The first-order valence-corrected chi connectivity index (χ1v) is 11.3. The minimum atomic E-state index is -3.60. The summed E-state index contributed by atoms with van der Waals surface area (Å²) < 4.78 is 32.1. The number of nitrogens with one attached hydrogen (secondary N) is 1. The fraction of sp³-hybridized carbons (Fsp3) is 0.381. The van der Waals surface area contributed by atoms with Crippen molar-refractivity contribution in [1.82, 2.24) is 9.29 Å². The van der Waals surface area contributed by atoms with Gasteiger partial charge in [0.25, 0.3) is 5.91 Å². The summed E-state index contributed by atoms with van der Waals surface area (Å²) in [5, 5.41) is 2.67. The molecule has 9 heteroatoms. The summed E-state index contributed by atoms with van der Waals surface area (Å²) in [5.74, 6) is -0.994. The predicted octanol–water partition coefficient (Wildman–Crippen LogP) is 2.99. The fourth-order valence-corrected chi connectivity index (χ4v) is 4.86. The number of aromatic nitrogens is 1. The molecule has 2 aromatic rings. The van der Waals surface area contributed by atoms with Crippen molar-refractivity contribution in [2.24, 2.45) is 0 Å². The minimum absolute atomic E-state index is 0.116. The van der Waals surface area contributed by atoms with E-state index in [-0.39, 0.29) is 17.2 Å². The van der Waals surface area contributed by atoms with Crippen LogP contribution in [0.25, 0.3) is 0 Å². The van der Waals surface area contributed by atoms with E-state index in [9.17, 15) is 18.0 Å². The van der Waals surface area contributed by atoms with Crippen LogP contribution in [-0.2, 0) is 14.8 Å². The van der Waals surface area contributed by atoms with Gasteiger partial charge in [0.15, 0.2) is 0 Å². The Morgan fingerprint density at radius 3 is 2.53 bits per heavy atom. The van der Waals surface area contributed by atoms with Crippen molar-refractivity contribution < 1.29 is 22.7 Å². The third-order valence-electron chi connectivity index (χ3n) is 4.86. The van der Waals surface area contributed by atoms with Crippen LogP contribution < -0.4 is 5.32 Å². The molecule has 0 saturated carbocycles. The van der Waals surface area contributed by atoms with Gasteiger partial charge in [-0.1, -0.05) is 12.5 Å². The lowest BCUT2D eigenvalue weighted by Gasteiger charge is -2.26. The van der Waals surface area contributed by atoms with E-state index in [0.29, 0.717) is 30.0 Å². The van der Waals surface area contributed by atoms with E-state index < -0.39 is 21.9 Å². The Bertz CT molecular complexity index is 1050. The van der Waals surface area contributed by atoms with Gasteiger partial charge in [0.05, 0.1) is 22.8 Å². The zero-order valence-corrected chi connectivity index (χ0v) is 17.9. The maximum absolute atomic E-state index is 12.9. The molecule has 0 bridgehead atoms. The molecular weight excluding hydrogens is 406 g/mol. The number of piperidine rings is 1. The van der Waals surface area contributed by atoms with Crippen molar-refractivity contribution in [3.63, 3.8) is 0 Å². The normalized spacial score (nSPS) is 14.9. The molecule has 0 aliphatic carbocycles. The third kappa shape index (κ3) is 4.85. The molecule has 8 nitrogen and oxygen atoms in total. The second-order valence-electron chi connectivity index (χ2n) is 7.00. The Balaban J connectivity index is 1.77. The Hall–Kier alpha value is -2.78. The first-order valence-electron chi connectivity index (χ1n) is 9.89. The first-order chi connectivity index (χ1) is 14.3. The zero-order valence-electron chi connectivity index (χ0n) is 17.1. The number of esters is 1. The summed E-state index contributed by atoms with van der Waals surface area (Å²) in [6.45, 7) is 4.60. The number of hydrogen-bond acceptors (Lipinski definition) is 6. The van der Waals surface area contributed by atoms with Crippen LogP contribution in [-0.4, -0.2) is 49.3 Å². The Labute approximate surface area is 176 Å². The second-order valence-corrected chi connectivity index (χ2v) is 8.93. The molecule has 160 valence electrons. The fourth-order valence-electron chi connectivity index (χ4n) is 3.30. The van der Waals surface area contributed by atoms with Gasteiger partial charge in [0.2, 0.25) is 10.0 Å². The molecule has 2 heterocycles. The van der Waals surface area contributed by atoms with Crippen LogP contribution in [0.3, 0.4) is 0 Å². The second kappa shape index (κ2) is 9.36. The molecule has 0 atom stereocenters. The van der Waals surface area contributed by atoms with E-state index in [4.69, 9.17) is 4.74 Å². The molecule has 0 spiro atoms. The molecule has 1 fully saturated rings. The van der Waals surface area contributed by atoms with Crippen molar-refractivity contribution in [3.05, 3.63) is 53.3 Å². The lowest BCUT2D eigenvalue weighted by Crippen LogP contribution is -2.35. The summed E-state index contributed by atoms with van der Waals surface area (Å²) in [5.41, 5.74) is 1.14. The zero-order chi connectivity index (χ0) is 21.7. The van der Waals surface area contributed by atoms with Crippen LogP contribution >= 0.6 is 0 Å². The SMILES string of the molecule is CCOC(=O)c1ccc(C(=O)Nc2cccc(S(=O)(=O)N3CCCCC3)c2)nc1C. The molecule has 1 N–H and O–H groups in total. The van der Waals surface area contributed by atoms with Crippen molar-refractivity contribution in [1.29, 1.82) is 0 Å². The number of anilines is 1. The van der Waals surface area contributed by atoms with Crippen molar-refractivity contribution >= 4 is 27.6 Å².